The molecule has 5 aromatic rings. The van der Waals surface area contributed by atoms with Crippen LogP contribution in [0.2, 0.25) is 0 Å². The molecule has 3 heterocycles. The topological polar surface area (TPSA) is 52.5 Å². The van der Waals surface area contributed by atoms with E-state index in [0.717, 1.165) is 39.5 Å². The van der Waals surface area contributed by atoms with E-state index in [9.17, 15) is 5.11 Å². The molecule has 6 rings (SSSR count). The van der Waals surface area contributed by atoms with E-state index in [2.05, 4.69) is 93.3 Å². The highest BCUT2D eigenvalue weighted by Gasteiger charge is 2.37. The van der Waals surface area contributed by atoms with E-state index in [0.29, 0.717) is 11.4 Å². The maximum atomic E-state index is 10.7. The molecule has 1 N–H and O–H groups in total. The van der Waals surface area contributed by atoms with Gasteiger partial charge in [0.2, 0.25) is 0 Å². The molecule has 0 amide bonds. The van der Waals surface area contributed by atoms with Crippen molar-refractivity contribution in [1.82, 2.24) is 9.97 Å². The van der Waals surface area contributed by atoms with Crippen molar-refractivity contribution < 1.29 is 5.11 Å². The van der Waals surface area contributed by atoms with Crippen molar-refractivity contribution in [2.45, 2.75) is 39.0 Å². The zero-order valence-corrected chi connectivity index (χ0v) is 23.4. The van der Waals surface area contributed by atoms with Crippen LogP contribution in [0.5, 0.6) is 5.75 Å². The SMILES string of the molecule is CC(C)c1ccnc(N2c3ccccc3C(C)(C)c3ccc(-c4ccc5c(N(C)C)ccc(O)c5n4)cc32)c1. The zero-order valence-electron chi connectivity index (χ0n) is 23.4. The van der Waals surface area contributed by atoms with Gasteiger partial charge in [0.25, 0.3) is 0 Å². The minimum absolute atomic E-state index is 0.182. The van der Waals surface area contributed by atoms with Crippen LogP contribution in [-0.2, 0) is 5.41 Å². The quantitative estimate of drug-likeness (QED) is 0.261. The number of para-hydroxylation sites is 1. The summed E-state index contributed by atoms with van der Waals surface area (Å²) >= 11 is 0. The molecule has 1 aliphatic rings. The highest BCUT2D eigenvalue weighted by molar-refractivity contribution is 5.97. The van der Waals surface area contributed by atoms with E-state index in [1.165, 1.54) is 16.7 Å². The Morgan fingerprint density at radius 3 is 2.38 bits per heavy atom. The summed E-state index contributed by atoms with van der Waals surface area (Å²) in [4.78, 5) is 14.1. The first-order valence-electron chi connectivity index (χ1n) is 13.5. The van der Waals surface area contributed by atoms with Gasteiger partial charge in [-0.15, -0.1) is 0 Å². The van der Waals surface area contributed by atoms with Gasteiger partial charge in [-0.3, -0.25) is 4.90 Å². The van der Waals surface area contributed by atoms with E-state index >= 15 is 0 Å². The van der Waals surface area contributed by atoms with Gasteiger partial charge in [0.15, 0.2) is 0 Å². The zero-order chi connectivity index (χ0) is 27.5. The Hall–Kier alpha value is -4.38. The Kier molecular flexibility index (Phi) is 5.83. The first kappa shape index (κ1) is 24.9. The number of fused-ring (bicyclic) bond motifs is 3. The highest BCUT2D eigenvalue weighted by atomic mass is 16.3. The van der Waals surface area contributed by atoms with E-state index in [4.69, 9.17) is 9.97 Å². The molecule has 196 valence electrons. The summed E-state index contributed by atoms with van der Waals surface area (Å²) in [7, 11) is 4.00. The van der Waals surface area contributed by atoms with Crippen LogP contribution in [0.1, 0.15) is 50.3 Å². The second kappa shape index (κ2) is 9.12. The largest absolute Gasteiger partial charge is 0.506 e. The van der Waals surface area contributed by atoms with Gasteiger partial charge in [-0.2, -0.15) is 0 Å². The number of aromatic hydroxyl groups is 1. The molecule has 0 bridgehead atoms. The summed E-state index contributed by atoms with van der Waals surface area (Å²) in [5.74, 6) is 1.49. The van der Waals surface area contributed by atoms with Gasteiger partial charge in [0.05, 0.1) is 17.1 Å². The molecular formula is C34H34N4O. The molecule has 0 aliphatic carbocycles. The third kappa shape index (κ3) is 4.00. The van der Waals surface area contributed by atoms with Crippen LogP contribution in [0.4, 0.5) is 22.9 Å². The van der Waals surface area contributed by atoms with Crippen molar-refractivity contribution in [3.8, 4) is 17.0 Å². The summed E-state index contributed by atoms with van der Waals surface area (Å²) < 4.78 is 0. The van der Waals surface area contributed by atoms with Gasteiger partial charge in [0.1, 0.15) is 17.1 Å². The first-order valence-corrected chi connectivity index (χ1v) is 13.5. The Labute approximate surface area is 230 Å². The lowest BCUT2D eigenvalue weighted by atomic mass is 9.73. The van der Waals surface area contributed by atoms with Crippen LogP contribution < -0.4 is 9.80 Å². The molecule has 1 aliphatic heterocycles. The van der Waals surface area contributed by atoms with E-state index in [1.54, 1.807) is 6.07 Å². The van der Waals surface area contributed by atoms with E-state index in [-0.39, 0.29) is 11.2 Å². The van der Waals surface area contributed by atoms with Crippen molar-refractivity contribution in [1.29, 1.82) is 0 Å². The van der Waals surface area contributed by atoms with Crippen molar-refractivity contribution >= 4 is 33.8 Å². The van der Waals surface area contributed by atoms with Gasteiger partial charge in [-0.1, -0.05) is 58.0 Å². The predicted molar refractivity (Wildman–Crippen MR) is 162 cm³/mol. The van der Waals surface area contributed by atoms with Gasteiger partial charge >= 0.3 is 0 Å². The van der Waals surface area contributed by atoms with Crippen LogP contribution in [0.15, 0.2) is 85.1 Å². The predicted octanol–water partition coefficient (Wildman–Crippen LogP) is 8.30. The van der Waals surface area contributed by atoms with Gasteiger partial charge in [0, 0.05) is 42.3 Å². The number of anilines is 4. The van der Waals surface area contributed by atoms with Crippen molar-refractivity contribution in [2.75, 3.05) is 23.9 Å². The van der Waals surface area contributed by atoms with Crippen LogP contribution in [0, 0.1) is 0 Å². The molecule has 0 saturated heterocycles. The summed E-state index contributed by atoms with van der Waals surface area (Å²) in [6, 6.07) is 27.2. The number of rotatable bonds is 4. The van der Waals surface area contributed by atoms with Gasteiger partial charge in [-0.25, -0.2) is 9.97 Å². The molecule has 0 fully saturated rings. The minimum atomic E-state index is -0.188. The second-order valence-corrected chi connectivity index (χ2v) is 11.4. The van der Waals surface area contributed by atoms with E-state index < -0.39 is 0 Å². The lowest BCUT2D eigenvalue weighted by molar-refractivity contribution is 0.480. The number of phenolic OH excluding ortho intramolecular Hbond substituents is 1. The number of hydrogen-bond donors (Lipinski definition) is 1. The molecule has 3 aromatic carbocycles. The fraction of sp³-hybridized carbons (Fsp3) is 0.235. The lowest BCUT2D eigenvalue weighted by Crippen LogP contribution is -2.31. The fourth-order valence-corrected chi connectivity index (χ4v) is 5.78. The Bertz CT molecular complexity index is 1720. The van der Waals surface area contributed by atoms with Crippen LogP contribution in [-0.4, -0.2) is 29.2 Å². The summed E-state index contributed by atoms with van der Waals surface area (Å²) in [5, 5.41) is 11.6. The smallest absolute Gasteiger partial charge is 0.141 e. The normalized spacial score (nSPS) is 13.9. The summed E-state index contributed by atoms with van der Waals surface area (Å²) in [5.41, 5.74) is 9.24. The number of aromatic nitrogens is 2. The molecule has 0 saturated carbocycles. The highest BCUT2D eigenvalue weighted by Crippen LogP contribution is 2.52. The van der Waals surface area contributed by atoms with E-state index in [1.807, 2.05) is 37.3 Å². The third-order valence-corrected chi connectivity index (χ3v) is 7.99. The molecule has 0 unspecified atom stereocenters. The third-order valence-electron chi connectivity index (χ3n) is 7.99. The molecule has 0 atom stereocenters. The number of nitrogens with zero attached hydrogens (tertiary/aromatic N) is 4. The number of pyridine rings is 2. The Balaban J connectivity index is 1.57. The number of benzene rings is 3. The maximum absolute atomic E-state index is 10.7. The molecule has 5 heteroatoms. The average Bonchev–Trinajstić information content (AvgIpc) is 2.93. The molecule has 2 aromatic heterocycles. The lowest BCUT2D eigenvalue weighted by Gasteiger charge is -2.41. The number of hydrogen-bond acceptors (Lipinski definition) is 5. The Morgan fingerprint density at radius 2 is 1.62 bits per heavy atom. The van der Waals surface area contributed by atoms with Gasteiger partial charge < -0.3 is 10.0 Å². The van der Waals surface area contributed by atoms with Crippen molar-refractivity contribution in [3.63, 3.8) is 0 Å². The first-order chi connectivity index (χ1) is 18.7. The number of phenols is 1. The second-order valence-electron chi connectivity index (χ2n) is 11.4. The summed E-state index contributed by atoms with van der Waals surface area (Å²) in [6.07, 6.45) is 1.91. The van der Waals surface area contributed by atoms with Gasteiger partial charge in [-0.05, 0) is 71.1 Å². The van der Waals surface area contributed by atoms with Crippen LogP contribution in [0.25, 0.3) is 22.2 Å². The Morgan fingerprint density at radius 1 is 0.846 bits per heavy atom. The maximum Gasteiger partial charge on any atom is 0.141 e. The van der Waals surface area contributed by atoms with Crippen LogP contribution >= 0.6 is 0 Å². The molecular weight excluding hydrogens is 480 g/mol. The standard InChI is InChI=1S/C34H34N4O/c1-21(2)22-17-18-35-32(20-22)38-29-10-8-7-9-25(29)34(3,4)26-13-11-23(19-30(26)38)27-14-12-24-28(37(5)6)15-16-31(39)33(24)36-27/h7-21,39H,1-6H3. The van der Waals surface area contributed by atoms with Crippen molar-refractivity contribution in [3.05, 3.63) is 102 Å². The molecule has 0 spiro atoms. The molecule has 5 nitrogen and oxygen atoms in total. The average molecular weight is 515 g/mol. The fourth-order valence-electron chi connectivity index (χ4n) is 5.78. The monoisotopic (exact) mass is 514 g/mol. The minimum Gasteiger partial charge on any atom is -0.506 e. The molecule has 0 radical (unpaired) electrons. The molecule has 39 heavy (non-hydrogen) atoms. The summed E-state index contributed by atoms with van der Waals surface area (Å²) in [6.45, 7) is 8.99. The van der Waals surface area contributed by atoms with Crippen molar-refractivity contribution in [2.24, 2.45) is 0 Å². The van der Waals surface area contributed by atoms with Crippen LogP contribution in [0.3, 0.4) is 0 Å².